The number of sulfonamides is 1. The molecule has 160 valence electrons. The summed E-state index contributed by atoms with van der Waals surface area (Å²) < 4.78 is 32.5. The Morgan fingerprint density at radius 2 is 1.86 bits per heavy atom. The molecule has 2 saturated heterocycles. The fourth-order valence-electron chi connectivity index (χ4n) is 3.82. The van der Waals surface area contributed by atoms with E-state index in [-0.39, 0.29) is 41.6 Å². The number of nitrogens with zero attached hydrogens (tertiary/aromatic N) is 1. The van der Waals surface area contributed by atoms with E-state index in [9.17, 15) is 18.0 Å². The molecule has 2 fully saturated rings. The summed E-state index contributed by atoms with van der Waals surface area (Å²) >= 11 is 0. The maximum absolute atomic E-state index is 12.9. The summed E-state index contributed by atoms with van der Waals surface area (Å²) in [6.07, 6.45) is 1.70. The van der Waals surface area contributed by atoms with Crippen molar-refractivity contribution in [1.82, 2.24) is 14.9 Å². The van der Waals surface area contributed by atoms with Crippen molar-refractivity contribution in [2.24, 2.45) is 11.8 Å². The molecule has 0 spiro atoms. The third-order valence-electron chi connectivity index (χ3n) is 5.65. The summed E-state index contributed by atoms with van der Waals surface area (Å²) in [5.74, 6) is 0.115. The van der Waals surface area contributed by atoms with Crippen LogP contribution in [0.25, 0.3) is 0 Å². The number of hydrogen-bond donors (Lipinski definition) is 2. The Balaban J connectivity index is 1.57. The molecule has 0 aliphatic carbocycles. The van der Waals surface area contributed by atoms with Gasteiger partial charge < -0.3 is 15.4 Å². The Labute approximate surface area is 172 Å². The standard InChI is InChI=1S/C20H29N3O5S/c1-3-28-16-4-6-17(7-5-16)29(26,27)23-12-9-15(10-13-23)19(24)22-18-14(2)8-11-21-20(18)25/h4-7,14-15,18H,3,8-13H2,1-2H3,(H,21,25)(H,22,24). The van der Waals surface area contributed by atoms with Crippen molar-refractivity contribution < 1.29 is 22.7 Å². The fourth-order valence-corrected chi connectivity index (χ4v) is 5.29. The highest BCUT2D eigenvalue weighted by Gasteiger charge is 2.35. The lowest BCUT2D eigenvalue weighted by Crippen LogP contribution is -2.56. The molecule has 2 heterocycles. The lowest BCUT2D eigenvalue weighted by atomic mass is 9.92. The van der Waals surface area contributed by atoms with Gasteiger partial charge in [0.1, 0.15) is 11.8 Å². The molecular formula is C20H29N3O5S. The normalized spacial score (nSPS) is 24.0. The lowest BCUT2D eigenvalue weighted by molar-refractivity contribution is -0.134. The summed E-state index contributed by atoms with van der Waals surface area (Å²) in [4.78, 5) is 24.8. The number of carbonyl (C=O) groups is 2. The molecule has 9 heteroatoms. The van der Waals surface area contributed by atoms with Crippen molar-refractivity contribution >= 4 is 21.8 Å². The second-order valence-electron chi connectivity index (χ2n) is 7.63. The topological polar surface area (TPSA) is 105 Å². The molecule has 2 aliphatic rings. The van der Waals surface area contributed by atoms with Crippen LogP contribution in [0.2, 0.25) is 0 Å². The van der Waals surface area contributed by atoms with Gasteiger partial charge in [-0.15, -0.1) is 0 Å². The molecule has 0 saturated carbocycles. The first-order valence-corrected chi connectivity index (χ1v) is 11.6. The van der Waals surface area contributed by atoms with E-state index in [1.54, 1.807) is 24.3 Å². The van der Waals surface area contributed by atoms with Gasteiger partial charge in [0.2, 0.25) is 21.8 Å². The van der Waals surface area contributed by atoms with Crippen molar-refractivity contribution in [3.05, 3.63) is 24.3 Å². The van der Waals surface area contributed by atoms with Crippen molar-refractivity contribution in [2.75, 3.05) is 26.2 Å². The van der Waals surface area contributed by atoms with E-state index in [0.29, 0.717) is 31.7 Å². The van der Waals surface area contributed by atoms with Crippen LogP contribution in [0.15, 0.2) is 29.2 Å². The first kappa shape index (κ1) is 21.6. The second kappa shape index (κ2) is 9.13. The van der Waals surface area contributed by atoms with E-state index in [0.717, 1.165) is 6.42 Å². The van der Waals surface area contributed by atoms with E-state index in [2.05, 4.69) is 10.6 Å². The van der Waals surface area contributed by atoms with Gasteiger partial charge in [-0.2, -0.15) is 4.31 Å². The summed E-state index contributed by atoms with van der Waals surface area (Å²) in [7, 11) is -3.61. The van der Waals surface area contributed by atoms with Gasteiger partial charge in [-0.3, -0.25) is 9.59 Å². The van der Waals surface area contributed by atoms with Crippen LogP contribution >= 0.6 is 0 Å². The quantitative estimate of drug-likeness (QED) is 0.714. The van der Waals surface area contributed by atoms with Crippen LogP contribution in [0, 0.1) is 11.8 Å². The smallest absolute Gasteiger partial charge is 0.243 e. The first-order valence-electron chi connectivity index (χ1n) is 10.1. The molecule has 2 unspecified atom stereocenters. The van der Waals surface area contributed by atoms with Gasteiger partial charge in [0.05, 0.1) is 11.5 Å². The average molecular weight is 424 g/mol. The Kier molecular flexibility index (Phi) is 6.79. The molecule has 0 radical (unpaired) electrons. The van der Waals surface area contributed by atoms with E-state index >= 15 is 0 Å². The number of nitrogens with one attached hydrogen (secondary N) is 2. The SMILES string of the molecule is CCOc1ccc(S(=O)(=O)N2CCC(C(=O)NC3C(=O)NCCC3C)CC2)cc1. The fraction of sp³-hybridized carbons (Fsp3) is 0.600. The minimum Gasteiger partial charge on any atom is -0.494 e. The molecule has 2 amide bonds. The summed E-state index contributed by atoms with van der Waals surface area (Å²) in [5, 5.41) is 5.64. The number of carbonyl (C=O) groups excluding carboxylic acids is 2. The summed E-state index contributed by atoms with van der Waals surface area (Å²) in [6.45, 7) is 5.53. The van der Waals surface area contributed by atoms with Crippen LogP contribution in [0.3, 0.4) is 0 Å². The van der Waals surface area contributed by atoms with E-state index in [1.807, 2.05) is 13.8 Å². The van der Waals surface area contributed by atoms with Gasteiger partial charge in [0.25, 0.3) is 0 Å². The Bertz CT molecular complexity index is 832. The van der Waals surface area contributed by atoms with E-state index < -0.39 is 16.1 Å². The zero-order valence-electron chi connectivity index (χ0n) is 16.9. The maximum atomic E-state index is 12.9. The number of ether oxygens (including phenoxy) is 1. The van der Waals surface area contributed by atoms with Crippen molar-refractivity contribution in [2.45, 2.75) is 44.0 Å². The highest BCUT2D eigenvalue weighted by Crippen LogP contribution is 2.26. The van der Waals surface area contributed by atoms with Gasteiger partial charge in [-0.05, 0) is 56.4 Å². The molecule has 1 aromatic carbocycles. The second-order valence-corrected chi connectivity index (χ2v) is 9.56. The van der Waals surface area contributed by atoms with Crippen LogP contribution in [0.1, 0.15) is 33.1 Å². The maximum Gasteiger partial charge on any atom is 0.243 e. The molecule has 3 rings (SSSR count). The monoisotopic (exact) mass is 423 g/mol. The van der Waals surface area contributed by atoms with Gasteiger partial charge in [0, 0.05) is 25.6 Å². The lowest BCUT2D eigenvalue weighted by Gasteiger charge is -2.33. The molecule has 0 aromatic heterocycles. The molecule has 29 heavy (non-hydrogen) atoms. The van der Waals surface area contributed by atoms with Crippen molar-refractivity contribution in [1.29, 1.82) is 0 Å². The number of hydrogen-bond acceptors (Lipinski definition) is 5. The van der Waals surface area contributed by atoms with Crippen molar-refractivity contribution in [3.63, 3.8) is 0 Å². The van der Waals surface area contributed by atoms with Crippen LogP contribution in [-0.4, -0.2) is 56.8 Å². The predicted molar refractivity (Wildman–Crippen MR) is 108 cm³/mol. The van der Waals surface area contributed by atoms with Crippen LogP contribution in [0.4, 0.5) is 0 Å². The third-order valence-corrected chi connectivity index (χ3v) is 7.56. The van der Waals surface area contributed by atoms with Crippen molar-refractivity contribution in [3.8, 4) is 5.75 Å². The number of piperidine rings is 2. The van der Waals surface area contributed by atoms with Gasteiger partial charge in [0.15, 0.2) is 0 Å². The van der Waals surface area contributed by atoms with E-state index in [1.165, 1.54) is 4.31 Å². The van der Waals surface area contributed by atoms with Crippen LogP contribution in [0.5, 0.6) is 5.75 Å². The molecule has 2 atom stereocenters. The Hall–Kier alpha value is -2.13. The number of rotatable bonds is 6. The van der Waals surface area contributed by atoms with E-state index in [4.69, 9.17) is 4.74 Å². The minimum atomic E-state index is -3.61. The third kappa shape index (κ3) is 4.90. The molecule has 2 N–H and O–H groups in total. The number of amides is 2. The van der Waals surface area contributed by atoms with Gasteiger partial charge in [-0.1, -0.05) is 6.92 Å². The molecule has 1 aromatic rings. The zero-order valence-corrected chi connectivity index (χ0v) is 17.7. The Morgan fingerprint density at radius 1 is 1.21 bits per heavy atom. The Morgan fingerprint density at radius 3 is 2.45 bits per heavy atom. The number of benzene rings is 1. The average Bonchev–Trinajstić information content (AvgIpc) is 2.71. The highest BCUT2D eigenvalue weighted by atomic mass is 32.2. The molecule has 8 nitrogen and oxygen atoms in total. The van der Waals surface area contributed by atoms with Gasteiger partial charge >= 0.3 is 0 Å². The summed E-state index contributed by atoms with van der Waals surface area (Å²) in [6, 6.07) is 5.87. The van der Waals surface area contributed by atoms with Crippen LogP contribution in [-0.2, 0) is 19.6 Å². The predicted octanol–water partition coefficient (Wildman–Crippen LogP) is 1.13. The first-order chi connectivity index (χ1) is 13.8. The van der Waals surface area contributed by atoms with Gasteiger partial charge in [-0.25, -0.2) is 8.42 Å². The summed E-state index contributed by atoms with van der Waals surface area (Å²) in [5.41, 5.74) is 0. The minimum absolute atomic E-state index is 0.0906. The molecule has 2 aliphatic heterocycles. The zero-order chi connectivity index (χ0) is 21.0. The largest absolute Gasteiger partial charge is 0.494 e. The highest BCUT2D eigenvalue weighted by molar-refractivity contribution is 7.89. The molecular weight excluding hydrogens is 394 g/mol. The van der Waals surface area contributed by atoms with Crippen LogP contribution < -0.4 is 15.4 Å². The molecule has 0 bridgehead atoms.